The average Bonchev–Trinajstić information content (AvgIpc) is 3.10. The van der Waals surface area contributed by atoms with E-state index in [4.69, 9.17) is 9.66 Å². The average molecular weight is 373 g/mol. The Bertz CT molecular complexity index is 1010. The van der Waals surface area contributed by atoms with Gasteiger partial charge in [-0.2, -0.15) is 4.98 Å². The Kier molecular flexibility index (Phi) is 4.10. The van der Waals surface area contributed by atoms with Gasteiger partial charge in [-0.1, -0.05) is 23.4 Å². The van der Waals surface area contributed by atoms with Gasteiger partial charge < -0.3 is 4.52 Å². The molecule has 3 aromatic rings. The molecule has 0 saturated heterocycles. The van der Waals surface area contributed by atoms with Crippen LogP contribution >= 0.6 is 11.8 Å². The Hall–Kier alpha value is -2.16. The lowest BCUT2D eigenvalue weighted by Crippen LogP contribution is -2.11. The van der Waals surface area contributed by atoms with E-state index in [1.165, 1.54) is 22.6 Å². The van der Waals surface area contributed by atoms with E-state index in [0.717, 1.165) is 12.2 Å². The second-order valence-electron chi connectivity index (χ2n) is 5.75. The molecule has 128 valence electrons. The monoisotopic (exact) mass is 373 g/mol. The van der Waals surface area contributed by atoms with E-state index in [-0.39, 0.29) is 10.8 Å². The second kappa shape index (κ2) is 6.29. The molecule has 6 nitrogen and oxygen atoms in total. The fourth-order valence-corrected chi connectivity index (χ4v) is 4.53. The summed E-state index contributed by atoms with van der Waals surface area (Å²) in [6.07, 6.45) is 0.938. The first-order chi connectivity index (χ1) is 12.0. The highest BCUT2D eigenvalue weighted by Gasteiger charge is 2.27. The molecule has 1 aliphatic heterocycles. The fraction of sp³-hybridized carbons (Fsp3) is 0.176. The zero-order valence-electron chi connectivity index (χ0n) is 13.1. The van der Waals surface area contributed by atoms with Crippen molar-refractivity contribution in [2.75, 3.05) is 5.75 Å². The van der Waals surface area contributed by atoms with Crippen molar-refractivity contribution >= 4 is 21.8 Å². The van der Waals surface area contributed by atoms with Crippen LogP contribution in [0.15, 0.2) is 62.8 Å². The van der Waals surface area contributed by atoms with Crippen molar-refractivity contribution in [2.45, 2.75) is 22.1 Å². The fourth-order valence-electron chi connectivity index (χ4n) is 2.89. The number of thioether (sulfide) groups is 1. The first kappa shape index (κ1) is 16.3. The highest BCUT2D eigenvalue weighted by Crippen LogP contribution is 2.40. The smallest absolute Gasteiger partial charge is 0.238 e. The van der Waals surface area contributed by atoms with Crippen LogP contribution in [0.2, 0.25) is 0 Å². The van der Waals surface area contributed by atoms with Crippen LogP contribution in [-0.2, 0) is 10.0 Å². The summed E-state index contributed by atoms with van der Waals surface area (Å²) in [6.45, 7) is 0. The van der Waals surface area contributed by atoms with Crippen LogP contribution in [0.3, 0.4) is 0 Å². The summed E-state index contributed by atoms with van der Waals surface area (Å²) >= 11 is 1.84. The topological polar surface area (TPSA) is 99.1 Å². The molecule has 0 aliphatic carbocycles. The van der Waals surface area contributed by atoms with E-state index < -0.39 is 10.0 Å². The number of fused-ring (bicyclic) bond motifs is 1. The van der Waals surface area contributed by atoms with Gasteiger partial charge in [-0.3, -0.25) is 0 Å². The van der Waals surface area contributed by atoms with Crippen LogP contribution < -0.4 is 5.14 Å². The Morgan fingerprint density at radius 1 is 1.12 bits per heavy atom. The predicted molar refractivity (Wildman–Crippen MR) is 94.7 cm³/mol. The molecule has 4 rings (SSSR count). The number of benzene rings is 2. The molecule has 1 aromatic heterocycles. The molecule has 1 unspecified atom stereocenters. The normalized spacial score (nSPS) is 17.2. The molecule has 25 heavy (non-hydrogen) atoms. The molecule has 0 fully saturated rings. The summed E-state index contributed by atoms with van der Waals surface area (Å²) < 4.78 is 28.2. The van der Waals surface area contributed by atoms with Gasteiger partial charge in [0.05, 0.1) is 10.8 Å². The predicted octanol–water partition coefficient (Wildman–Crippen LogP) is 3.01. The van der Waals surface area contributed by atoms with Crippen molar-refractivity contribution in [1.82, 2.24) is 10.1 Å². The molecular formula is C17H15N3O3S2. The van der Waals surface area contributed by atoms with Gasteiger partial charge in [0.2, 0.25) is 21.7 Å². The van der Waals surface area contributed by atoms with Crippen LogP contribution in [0.4, 0.5) is 0 Å². The van der Waals surface area contributed by atoms with Gasteiger partial charge in [0, 0.05) is 10.5 Å². The minimum atomic E-state index is -3.71. The maximum atomic E-state index is 11.3. The van der Waals surface area contributed by atoms with E-state index >= 15 is 0 Å². The molecular weight excluding hydrogens is 358 g/mol. The largest absolute Gasteiger partial charge is 0.338 e. The zero-order chi connectivity index (χ0) is 17.4. The van der Waals surface area contributed by atoms with Gasteiger partial charge in [0.15, 0.2) is 0 Å². The molecule has 0 bridgehead atoms. The molecule has 0 spiro atoms. The highest BCUT2D eigenvalue weighted by molar-refractivity contribution is 7.99. The lowest BCUT2D eigenvalue weighted by Gasteiger charge is -2.21. The first-order valence-corrected chi connectivity index (χ1v) is 10.2. The third-order valence-corrected chi connectivity index (χ3v) is 6.19. The highest BCUT2D eigenvalue weighted by atomic mass is 32.2. The van der Waals surface area contributed by atoms with Crippen molar-refractivity contribution in [2.24, 2.45) is 5.14 Å². The Morgan fingerprint density at radius 2 is 1.88 bits per heavy atom. The number of hydrogen-bond acceptors (Lipinski definition) is 6. The molecule has 2 N–H and O–H groups in total. The van der Waals surface area contributed by atoms with Crippen molar-refractivity contribution in [3.8, 4) is 11.4 Å². The third kappa shape index (κ3) is 3.20. The number of sulfonamides is 1. The molecule has 0 radical (unpaired) electrons. The van der Waals surface area contributed by atoms with Crippen LogP contribution in [0.5, 0.6) is 0 Å². The van der Waals surface area contributed by atoms with E-state index in [9.17, 15) is 8.42 Å². The number of rotatable bonds is 3. The van der Waals surface area contributed by atoms with Crippen molar-refractivity contribution in [1.29, 1.82) is 0 Å². The second-order valence-corrected chi connectivity index (χ2v) is 8.45. The maximum absolute atomic E-state index is 11.3. The summed E-state index contributed by atoms with van der Waals surface area (Å²) in [6, 6.07) is 14.4. The minimum Gasteiger partial charge on any atom is -0.338 e. The number of nitrogens with two attached hydrogens (primary N) is 1. The standard InChI is InChI=1S/C17H15N3O3S2/c18-25(21,22)12-7-5-11(6-8-12)16-19-17(23-20-16)14-9-10-24-15-4-2-1-3-13(14)15/h1-8,14H,9-10H2,(H2,18,21,22). The first-order valence-electron chi connectivity index (χ1n) is 7.71. The molecule has 1 atom stereocenters. The molecule has 0 saturated carbocycles. The van der Waals surface area contributed by atoms with E-state index in [2.05, 4.69) is 22.3 Å². The van der Waals surface area contributed by atoms with Gasteiger partial charge in [-0.05, 0) is 48.1 Å². The molecule has 2 aromatic carbocycles. The van der Waals surface area contributed by atoms with Crippen LogP contribution in [0, 0.1) is 0 Å². The van der Waals surface area contributed by atoms with Gasteiger partial charge in [-0.25, -0.2) is 13.6 Å². The number of aromatic nitrogens is 2. The Labute approximate surface area is 149 Å². The van der Waals surface area contributed by atoms with Crippen molar-refractivity contribution in [3.63, 3.8) is 0 Å². The molecule has 0 amide bonds. The summed E-state index contributed by atoms with van der Waals surface area (Å²) in [5, 5.41) is 9.17. The number of primary sulfonamides is 1. The quantitative estimate of drug-likeness (QED) is 0.758. The van der Waals surface area contributed by atoms with Crippen LogP contribution in [-0.4, -0.2) is 24.3 Å². The van der Waals surface area contributed by atoms with E-state index in [1.807, 2.05) is 23.9 Å². The van der Waals surface area contributed by atoms with Gasteiger partial charge in [0.25, 0.3) is 0 Å². The van der Waals surface area contributed by atoms with E-state index in [1.54, 1.807) is 12.1 Å². The number of nitrogens with zero attached hydrogens (tertiary/aromatic N) is 2. The van der Waals surface area contributed by atoms with E-state index in [0.29, 0.717) is 17.3 Å². The van der Waals surface area contributed by atoms with Gasteiger partial charge in [-0.15, -0.1) is 11.8 Å². The lowest BCUT2D eigenvalue weighted by atomic mass is 9.96. The molecule has 2 heterocycles. The summed E-state index contributed by atoms with van der Waals surface area (Å²) in [5.74, 6) is 2.11. The van der Waals surface area contributed by atoms with Gasteiger partial charge in [0.1, 0.15) is 0 Å². The zero-order valence-corrected chi connectivity index (χ0v) is 14.8. The summed E-state index contributed by atoms with van der Waals surface area (Å²) in [5.41, 5.74) is 1.89. The molecule has 1 aliphatic rings. The summed E-state index contributed by atoms with van der Waals surface area (Å²) in [7, 11) is -3.71. The van der Waals surface area contributed by atoms with Gasteiger partial charge >= 0.3 is 0 Å². The molecule has 8 heteroatoms. The van der Waals surface area contributed by atoms with Crippen molar-refractivity contribution < 1.29 is 12.9 Å². The minimum absolute atomic E-state index is 0.0539. The maximum Gasteiger partial charge on any atom is 0.238 e. The Morgan fingerprint density at radius 3 is 2.64 bits per heavy atom. The van der Waals surface area contributed by atoms with Crippen molar-refractivity contribution in [3.05, 3.63) is 60.0 Å². The third-order valence-electron chi connectivity index (χ3n) is 4.14. The summed E-state index contributed by atoms with van der Waals surface area (Å²) in [4.78, 5) is 5.83. The lowest BCUT2D eigenvalue weighted by molar-refractivity contribution is 0.362. The Balaban J connectivity index is 1.65. The van der Waals surface area contributed by atoms with Crippen LogP contribution in [0.25, 0.3) is 11.4 Å². The van der Waals surface area contributed by atoms with Crippen LogP contribution in [0.1, 0.15) is 23.8 Å². The number of hydrogen-bond donors (Lipinski definition) is 1. The SMILES string of the molecule is NS(=O)(=O)c1ccc(-c2noc(C3CCSc4ccccc43)n2)cc1.